The van der Waals surface area contributed by atoms with Crippen LogP contribution in [0.4, 0.5) is 0 Å². The van der Waals surface area contributed by atoms with E-state index in [2.05, 4.69) is 5.32 Å². The fourth-order valence-corrected chi connectivity index (χ4v) is 4.21. The van der Waals surface area contributed by atoms with Gasteiger partial charge in [-0.2, -0.15) is 0 Å². The van der Waals surface area contributed by atoms with Crippen LogP contribution in [0.15, 0.2) is 108 Å². The molecule has 1 aliphatic carbocycles. The lowest BCUT2D eigenvalue weighted by Crippen LogP contribution is -2.39. The van der Waals surface area contributed by atoms with E-state index < -0.39 is 24.2 Å². The van der Waals surface area contributed by atoms with E-state index in [9.17, 15) is 20.1 Å². The zero-order valence-corrected chi connectivity index (χ0v) is 23.1. The zero-order chi connectivity index (χ0) is 28.5. The molecule has 0 heterocycles. The fourth-order valence-electron chi connectivity index (χ4n) is 4.21. The highest BCUT2D eigenvalue weighted by molar-refractivity contribution is 5.79. The summed E-state index contributed by atoms with van der Waals surface area (Å²) in [6.45, 7) is 4.48. The summed E-state index contributed by atoms with van der Waals surface area (Å²) in [7, 11) is 0. The molecule has 4 atom stereocenters. The van der Waals surface area contributed by atoms with E-state index in [0.717, 1.165) is 16.7 Å². The van der Waals surface area contributed by atoms with Crippen molar-refractivity contribution in [3.8, 4) is 0 Å². The number of hydrogen-bond acceptors (Lipinski definition) is 5. The number of carbonyl (C=O) groups excluding carboxylic acids is 1. The van der Waals surface area contributed by atoms with Crippen LogP contribution in [-0.2, 0) is 17.6 Å². The summed E-state index contributed by atoms with van der Waals surface area (Å²) in [5.74, 6) is -0.593. The summed E-state index contributed by atoms with van der Waals surface area (Å²) in [6.07, 6.45) is 10.9. The smallest absolute Gasteiger partial charge is 0.226 e. The molecule has 39 heavy (non-hydrogen) atoms. The summed E-state index contributed by atoms with van der Waals surface area (Å²) < 4.78 is 0. The molecular weight excluding hydrogens is 488 g/mol. The Morgan fingerprint density at radius 3 is 2.28 bits per heavy atom. The van der Waals surface area contributed by atoms with Gasteiger partial charge >= 0.3 is 0 Å². The number of amides is 1. The van der Waals surface area contributed by atoms with Crippen molar-refractivity contribution >= 4 is 5.91 Å². The van der Waals surface area contributed by atoms with Crippen LogP contribution in [0.2, 0.25) is 0 Å². The molecular formula is C33H44N2O4. The van der Waals surface area contributed by atoms with E-state index in [1.165, 1.54) is 0 Å². The molecule has 2 aromatic carbocycles. The maximum atomic E-state index is 13.0. The van der Waals surface area contributed by atoms with Crippen molar-refractivity contribution in [3.63, 3.8) is 0 Å². The summed E-state index contributed by atoms with van der Waals surface area (Å²) in [5, 5.41) is 34.0. The number of rotatable bonds is 13. The summed E-state index contributed by atoms with van der Waals surface area (Å²) >= 11 is 0. The Hall–Kier alpha value is -3.45. The Morgan fingerprint density at radius 2 is 1.62 bits per heavy atom. The minimum absolute atomic E-state index is 0.211. The summed E-state index contributed by atoms with van der Waals surface area (Å²) in [6, 6.07) is 19.0. The predicted octanol–water partition coefficient (Wildman–Crippen LogP) is 4.94. The molecule has 1 amide bonds. The van der Waals surface area contributed by atoms with Gasteiger partial charge in [-0.15, -0.1) is 0 Å². The average molecular weight is 533 g/mol. The number of benzene rings is 2. The normalized spacial score (nSPS) is 16.1. The van der Waals surface area contributed by atoms with Crippen molar-refractivity contribution in [2.75, 3.05) is 6.54 Å². The Morgan fingerprint density at radius 1 is 0.974 bits per heavy atom. The molecule has 0 saturated heterocycles. The zero-order valence-electron chi connectivity index (χ0n) is 23.1. The molecule has 6 N–H and O–H groups in total. The lowest BCUT2D eigenvalue weighted by molar-refractivity contribution is -0.127. The predicted molar refractivity (Wildman–Crippen MR) is 159 cm³/mol. The molecule has 210 valence electrons. The minimum Gasteiger partial charge on any atom is -0.512 e. The lowest BCUT2D eigenvalue weighted by atomic mass is 9.92. The molecule has 0 spiro atoms. The van der Waals surface area contributed by atoms with Gasteiger partial charge in [0, 0.05) is 19.0 Å². The van der Waals surface area contributed by atoms with Gasteiger partial charge in [0.1, 0.15) is 0 Å². The Kier molecular flexibility index (Phi) is 14.6. The van der Waals surface area contributed by atoms with Gasteiger partial charge < -0.3 is 26.4 Å². The van der Waals surface area contributed by atoms with Gasteiger partial charge in [-0.25, -0.2) is 0 Å². The largest absolute Gasteiger partial charge is 0.512 e. The molecule has 2 aromatic rings. The fraction of sp³-hybridized carbons (Fsp3) is 0.364. The second-order valence-corrected chi connectivity index (χ2v) is 9.42. The number of carbonyl (C=O) groups is 1. The minimum atomic E-state index is -1.01. The number of nitrogens with two attached hydrogens (primary N) is 1. The average Bonchev–Trinajstić information content (AvgIpc) is 3.17. The molecule has 0 fully saturated rings. The molecule has 0 aromatic heterocycles. The van der Waals surface area contributed by atoms with Gasteiger partial charge in [0.2, 0.25) is 5.91 Å². The van der Waals surface area contributed by atoms with Crippen molar-refractivity contribution in [3.05, 3.63) is 120 Å². The third-order valence-corrected chi connectivity index (χ3v) is 6.43. The van der Waals surface area contributed by atoms with Gasteiger partial charge in [0.05, 0.1) is 23.9 Å². The highest BCUT2D eigenvalue weighted by Crippen LogP contribution is 2.18. The maximum Gasteiger partial charge on any atom is 0.226 e. The van der Waals surface area contributed by atoms with Crippen LogP contribution in [0.3, 0.4) is 0 Å². The summed E-state index contributed by atoms with van der Waals surface area (Å²) in [5.41, 5.74) is 9.22. The maximum absolute atomic E-state index is 13.0. The van der Waals surface area contributed by atoms with Crippen LogP contribution in [0, 0.1) is 5.92 Å². The molecule has 6 heteroatoms. The van der Waals surface area contributed by atoms with E-state index in [-0.39, 0.29) is 18.1 Å². The number of hydrogen-bond donors (Lipinski definition) is 5. The first-order valence-electron chi connectivity index (χ1n) is 13.8. The first kappa shape index (κ1) is 31.8. The van der Waals surface area contributed by atoms with Crippen molar-refractivity contribution in [1.29, 1.82) is 0 Å². The quantitative estimate of drug-likeness (QED) is 0.234. The lowest BCUT2D eigenvalue weighted by Gasteiger charge is -2.21. The van der Waals surface area contributed by atoms with E-state index in [0.29, 0.717) is 32.2 Å². The number of nitrogens with one attached hydrogen (secondary N) is 1. The number of aliphatic hydroxyl groups excluding tert-OH is 3. The Labute approximate surface area is 233 Å². The SMILES string of the molecule is CC.NC(CC1=CC=C(O)CC=C1)C(O)C/C=C/C(O)C(Cc1ccccc1)C(=O)NCCc1ccccc1. The van der Waals surface area contributed by atoms with Crippen LogP contribution in [0.25, 0.3) is 0 Å². The van der Waals surface area contributed by atoms with E-state index in [1.54, 1.807) is 24.3 Å². The van der Waals surface area contributed by atoms with Crippen LogP contribution in [0.1, 0.15) is 44.2 Å². The van der Waals surface area contributed by atoms with Gasteiger partial charge in [0.25, 0.3) is 0 Å². The van der Waals surface area contributed by atoms with Gasteiger partial charge in [-0.3, -0.25) is 4.79 Å². The monoisotopic (exact) mass is 532 g/mol. The van der Waals surface area contributed by atoms with Gasteiger partial charge in [-0.1, -0.05) is 105 Å². The molecule has 0 aliphatic heterocycles. The molecule has 0 bridgehead atoms. The van der Waals surface area contributed by atoms with E-state index in [4.69, 9.17) is 5.73 Å². The third-order valence-electron chi connectivity index (χ3n) is 6.43. The molecule has 6 nitrogen and oxygen atoms in total. The topological polar surface area (TPSA) is 116 Å². The highest BCUT2D eigenvalue weighted by Gasteiger charge is 2.25. The van der Waals surface area contributed by atoms with Crippen LogP contribution in [-0.4, -0.2) is 46.0 Å². The Balaban J connectivity index is 0.00000260. The standard InChI is InChI=1S/C31H38N2O4.C2H6/c32-28(22-25-13-7-14-26(34)18-17-25)30(36)16-8-15-29(35)27(21-24-11-5-2-6-12-24)31(37)33-20-19-23-9-3-1-4-10-23;1-2/h1-13,15,17-18,27-30,34-36H,14,16,19-22,32H2,(H,33,37);1-2H3/b15-8+;. The third kappa shape index (κ3) is 11.9. The van der Waals surface area contributed by atoms with Crippen molar-refractivity contribution < 1.29 is 20.1 Å². The van der Waals surface area contributed by atoms with Gasteiger partial charge in [0.15, 0.2) is 0 Å². The highest BCUT2D eigenvalue weighted by atomic mass is 16.3. The van der Waals surface area contributed by atoms with Crippen LogP contribution >= 0.6 is 0 Å². The second kappa shape index (κ2) is 17.9. The molecule has 1 aliphatic rings. The number of aliphatic hydroxyl groups is 3. The van der Waals surface area contributed by atoms with Crippen molar-refractivity contribution in [2.45, 2.75) is 64.2 Å². The van der Waals surface area contributed by atoms with Crippen LogP contribution in [0.5, 0.6) is 0 Å². The van der Waals surface area contributed by atoms with Crippen molar-refractivity contribution in [2.24, 2.45) is 11.7 Å². The second-order valence-electron chi connectivity index (χ2n) is 9.42. The Bertz CT molecular complexity index is 1090. The van der Waals surface area contributed by atoms with E-state index >= 15 is 0 Å². The first-order valence-corrected chi connectivity index (χ1v) is 13.8. The van der Waals surface area contributed by atoms with Gasteiger partial charge in [-0.05, 0) is 48.5 Å². The molecule has 3 rings (SSSR count). The van der Waals surface area contributed by atoms with E-state index in [1.807, 2.05) is 86.7 Å². The first-order chi connectivity index (χ1) is 18.9. The molecule has 0 saturated carbocycles. The molecule has 4 unspecified atom stereocenters. The van der Waals surface area contributed by atoms with Crippen LogP contribution < -0.4 is 11.1 Å². The molecule has 0 radical (unpaired) electrons. The van der Waals surface area contributed by atoms with Crippen molar-refractivity contribution in [1.82, 2.24) is 5.32 Å². The summed E-state index contributed by atoms with van der Waals surface area (Å²) in [4.78, 5) is 13.0. The number of allylic oxidation sites excluding steroid dienone is 4.